The van der Waals surface area contributed by atoms with Gasteiger partial charge in [0.25, 0.3) is 0 Å². The van der Waals surface area contributed by atoms with Crippen LogP contribution in [0.15, 0.2) is 24.3 Å². The van der Waals surface area contributed by atoms with E-state index < -0.39 is 0 Å². The predicted molar refractivity (Wildman–Crippen MR) is 80.5 cm³/mol. The summed E-state index contributed by atoms with van der Waals surface area (Å²) >= 11 is 0. The van der Waals surface area contributed by atoms with Gasteiger partial charge in [0.15, 0.2) is 0 Å². The van der Waals surface area contributed by atoms with Crippen LogP contribution in [-0.4, -0.2) is 13.2 Å². The highest BCUT2D eigenvalue weighted by Crippen LogP contribution is 2.44. The van der Waals surface area contributed by atoms with Crippen LogP contribution >= 0.6 is 0 Å². The predicted octanol–water partition coefficient (Wildman–Crippen LogP) is 3.93. The van der Waals surface area contributed by atoms with Gasteiger partial charge in [0, 0.05) is 0 Å². The van der Waals surface area contributed by atoms with Gasteiger partial charge in [0.2, 0.25) is 0 Å². The highest BCUT2D eigenvalue weighted by atomic mass is 16.5. The van der Waals surface area contributed by atoms with Crippen LogP contribution < -0.4 is 10.5 Å². The standard InChI is InChI=1S/C17H27NO/c1-2-19-16-7-5-15(6-8-16)9-12-17(13-14-18)10-3-4-11-17/h5-8H,2-4,9-14,18H2,1H3. The molecule has 1 fully saturated rings. The Kier molecular flexibility index (Phi) is 5.26. The SMILES string of the molecule is CCOc1ccc(CCC2(CCN)CCCC2)cc1. The van der Waals surface area contributed by atoms with E-state index in [4.69, 9.17) is 10.5 Å². The van der Waals surface area contributed by atoms with Gasteiger partial charge in [-0.15, -0.1) is 0 Å². The van der Waals surface area contributed by atoms with Crippen molar-refractivity contribution in [1.82, 2.24) is 0 Å². The number of rotatable bonds is 7. The molecular formula is C17H27NO. The highest BCUT2D eigenvalue weighted by Gasteiger charge is 2.32. The van der Waals surface area contributed by atoms with Crippen molar-refractivity contribution in [2.24, 2.45) is 11.1 Å². The highest BCUT2D eigenvalue weighted by molar-refractivity contribution is 5.27. The molecule has 1 aromatic carbocycles. The van der Waals surface area contributed by atoms with Crippen LogP contribution in [0, 0.1) is 5.41 Å². The van der Waals surface area contributed by atoms with Crippen LogP contribution in [0.25, 0.3) is 0 Å². The first-order chi connectivity index (χ1) is 9.28. The third kappa shape index (κ3) is 3.97. The fraction of sp³-hybridized carbons (Fsp3) is 0.647. The molecule has 0 radical (unpaired) electrons. The van der Waals surface area contributed by atoms with E-state index in [0.29, 0.717) is 5.41 Å². The fourth-order valence-corrected chi connectivity index (χ4v) is 3.38. The minimum absolute atomic E-state index is 0.535. The van der Waals surface area contributed by atoms with Crippen molar-refractivity contribution in [3.8, 4) is 5.75 Å². The third-order valence-corrected chi connectivity index (χ3v) is 4.52. The normalized spacial score (nSPS) is 17.6. The molecule has 0 aliphatic heterocycles. The summed E-state index contributed by atoms with van der Waals surface area (Å²) in [5.41, 5.74) is 7.76. The van der Waals surface area contributed by atoms with Gasteiger partial charge in [-0.05, 0) is 68.7 Å². The third-order valence-electron chi connectivity index (χ3n) is 4.52. The maximum absolute atomic E-state index is 5.80. The van der Waals surface area contributed by atoms with Crippen LogP contribution in [0.1, 0.15) is 51.0 Å². The van der Waals surface area contributed by atoms with Crippen molar-refractivity contribution in [2.75, 3.05) is 13.2 Å². The molecule has 0 amide bonds. The molecule has 2 rings (SSSR count). The van der Waals surface area contributed by atoms with Crippen LogP contribution in [0.3, 0.4) is 0 Å². The molecular weight excluding hydrogens is 234 g/mol. The van der Waals surface area contributed by atoms with E-state index in [1.54, 1.807) is 0 Å². The Hall–Kier alpha value is -1.02. The van der Waals surface area contributed by atoms with Crippen LogP contribution in [-0.2, 0) is 6.42 Å². The molecule has 0 atom stereocenters. The molecule has 1 aliphatic rings. The summed E-state index contributed by atoms with van der Waals surface area (Å²) in [6, 6.07) is 8.58. The average Bonchev–Trinajstić information content (AvgIpc) is 2.88. The van der Waals surface area contributed by atoms with Gasteiger partial charge in [0.1, 0.15) is 5.75 Å². The van der Waals surface area contributed by atoms with E-state index in [0.717, 1.165) is 18.9 Å². The molecule has 2 N–H and O–H groups in total. The van der Waals surface area contributed by atoms with Crippen molar-refractivity contribution < 1.29 is 4.74 Å². The Morgan fingerprint density at radius 3 is 2.37 bits per heavy atom. The lowest BCUT2D eigenvalue weighted by Crippen LogP contribution is -2.21. The monoisotopic (exact) mass is 261 g/mol. The Balaban J connectivity index is 1.89. The molecule has 2 heteroatoms. The summed E-state index contributed by atoms with van der Waals surface area (Å²) < 4.78 is 5.48. The van der Waals surface area contributed by atoms with Crippen molar-refractivity contribution in [3.05, 3.63) is 29.8 Å². The summed E-state index contributed by atoms with van der Waals surface area (Å²) in [7, 11) is 0. The van der Waals surface area contributed by atoms with E-state index in [2.05, 4.69) is 24.3 Å². The summed E-state index contributed by atoms with van der Waals surface area (Å²) in [6.45, 7) is 3.59. The van der Waals surface area contributed by atoms with E-state index in [9.17, 15) is 0 Å². The average molecular weight is 261 g/mol. The van der Waals surface area contributed by atoms with E-state index in [-0.39, 0.29) is 0 Å². The van der Waals surface area contributed by atoms with Gasteiger partial charge in [-0.1, -0.05) is 25.0 Å². The second-order valence-corrected chi connectivity index (χ2v) is 5.82. The van der Waals surface area contributed by atoms with Gasteiger partial charge in [0.05, 0.1) is 6.61 Å². The first-order valence-corrected chi connectivity index (χ1v) is 7.70. The quantitative estimate of drug-likeness (QED) is 0.807. The number of aryl methyl sites for hydroxylation is 1. The van der Waals surface area contributed by atoms with Gasteiger partial charge in [-0.25, -0.2) is 0 Å². The lowest BCUT2D eigenvalue weighted by atomic mass is 9.78. The first kappa shape index (κ1) is 14.4. The van der Waals surface area contributed by atoms with E-state index >= 15 is 0 Å². The first-order valence-electron chi connectivity index (χ1n) is 7.70. The van der Waals surface area contributed by atoms with Crippen molar-refractivity contribution in [3.63, 3.8) is 0 Å². The summed E-state index contributed by atoms with van der Waals surface area (Å²) in [6.07, 6.45) is 9.20. The largest absolute Gasteiger partial charge is 0.494 e. The van der Waals surface area contributed by atoms with Gasteiger partial charge in [-0.3, -0.25) is 0 Å². The molecule has 0 aromatic heterocycles. The van der Waals surface area contributed by atoms with E-state index in [1.807, 2.05) is 6.92 Å². The molecule has 1 saturated carbocycles. The Morgan fingerprint density at radius 1 is 1.11 bits per heavy atom. The molecule has 2 nitrogen and oxygen atoms in total. The molecule has 0 bridgehead atoms. The smallest absolute Gasteiger partial charge is 0.119 e. The van der Waals surface area contributed by atoms with Crippen molar-refractivity contribution in [2.45, 2.75) is 51.9 Å². The topological polar surface area (TPSA) is 35.2 Å². The second-order valence-electron chi connectivity index (χ2n) is 5.82. The van der Waals surface area contributed by atoms with Gasteiger partial charge in [-0.2, -0.15) is 0 Å². The molecule has 0 saturated heterocycles. The van der Waals surface area contributed by atoms with Crippen LogP contribution in [0.4, 0.5) is 0 Å². The van der Waals surface area contributed by atoms with Crippen molar-refractivity contribution >= 4 is 0 Å². The van der Waals surface area contributed by atoms with Crippen molar-refractivity contribution in [1.29, 1.82) is 0 Å². The van der Waals surface area contributed by atoms with Crippen LogP contribution in [0.2, 0.25) is 0 Å². The van der Waals surface area contributed by atoms with Gasteiger partial charge >= 0.3 is 0 Å². The Bertz CT molecular complexity index is 365. The summed E-state index contributed by atoms with van der Waals surface area (Å²) in [4.78, 5) is 0. The zero-order valence-corrected chi connectivity index (χ0v) is 12.2. The molecule has 0 heterocycles. The van der Waals surface area contributed by atoms with E-state index in [1.165, 1.54) is 50.5 Å². The number of nitrogens with two attached hydrogens (primary N) is 1. The number of hydrogen-bond donors (Lipinski definition) is 1. The molecule has 19 heavy (non-hydrogen) atoms. The zero-order valence-electron chi connectivity index (χ0n) is 12.2. The molecule has 0 spiro atoms. The Labute approximate surface area is 117 Å². The number of benzene rings is 1. The molecule has 1 aromatic rings. The number of hydrogen-bond acceptors (Lipinski definition) is 2. The molecule has 0 unspecified atom stereocenters. The fourth-order valence-electron chi connectivity index (χ4n) is 3.38. The minimum atomic E-state index is 0.535. The summed E-state index contributed by atoms with van der Waals surface area (Å²) in [5.74, 6) is 0.976. The Morgan fingerprint density at radius 2 is 1.79 bits per heavy atom. The molecule has 1 aliphatic carbocycles. The van der Waals surface area contributed by atoms with Gasteiger partial charge < -0.3 is 10.5 Å². The second kappa shape index (κ2) is 6.95. The van der Waals surface area contributed by atoms with Crippen LogP contribution in [0.5, 0.6) is 5.75 Å². The maximum atomic E-state index is 5.80. The minimum Gasteiger partial charge on any atom is -0.494 e. The molecule has 106 valence electrons. The zero-order chi connectivity index (χ0) is 13.6. The summed E-state index contributed by atoms with van der Waals surface area (Å²) in [5, 5.41) is 0. The lowest BCUT2D eigenvalue weighted by molar-refractivity contribution is 0.253. The number of ether oxygens (including phenoxy) is 1. The maximum Gasteiger partial charge on any atom is 0.119 e. The lowest BCUT2D eigenvalue weighted by Gasteiger charge is -2.28.